The SMILES string of the molecule is Cn1c(N2CCN(CC/C=C3\c4ccccc4COc4ccc(C(C)(C)C(=O)O)cc43)CC2)cc(=O)n(C)c1=O. The van der Waals surface area contributed by atoms with E-state index in [0.717, 1.165) is 77.3 Å². The zero-order valence-corrected chi connectivity index (χ0v) is 23.5. The predicted octanol–water partition coefficient (Wildman–Crippen LogP) is 2.98. The maximum absolute atomic E-state index is 12.4. The van der Waals surface area contributed by atoms with E-state index in [1.165, 1.54) is 17.7 Å². The van der Waals surface area contributed by atoms with Gasteiger partial charge in [-0.2, -0.15) is 0 Å². The molecule has 1 N–H and O–H groups in total. The first-order valence-electron chi connectivity index (χ1n) is 13.6. The average molecular weight is 545 g/mol. The summed E-state index contributed by atoms with van der Waals surface area (Å²) in [5.41, 5.74) is 3.24. The molecule has 0 bridgehead atoms. The van der Waals surface area contributed by atoms with Crippen molar-refractivity contribution in [2.45, 2.75) is 32.3 Å². The summed E-state index contributed by atoms with van der Waals surface area (Å²) in [6, 6.07) is 15.4. The fraction of sp³-hybridized carbons (Fsp3) is 0.387. The molecule has 0 saturated carbocycles. The molecule has 3 aromatic rings. The fourth-order valence-corrected chi connectivity index (χ4v) is 5.42. The van der Waals surface area contributed by atoms with Gasteiger partial charge in [0.05, 0.1) is 5.41 Å². The van der Waals surface area contributed by atoms with Crippen LogP contribution in [0.25, 0.3) is 5.57 Å². The molecule has 1 saturated heterocycles. The lowest BCUT2D eigenvalue weighted by Crippen LogP contribution is -2.49. The van der Waals surface area contributed by atoms with E-state index >= 15 is 0 Å². The summed E-state index contributed by atoms with van der Waals surface area (Å²) in [6.07, 6.45) is 3.04. The molecule has 1 fully saturated rings. The number of ether oxygens (including phenoxy) is 1. The van der Waals surface area contributed by atoms with E-state index in [4.69, 9.17) is 4.74 Å². The first-order chi connectivity index (χ1) is 19.1. The van der Waals surface area contributed by atoms with Gasteiger partial charge in [-0.05, 0) is 54.7 Å². The number of hydrogen-bond donors (Lipinski definition) is 1. The Kier molecular flexibility index (Phi) is 7.42. The van der Waals surface area contributed by atoms with E-state index in [9.17, 15) is 19.5 Å². The largest absolute Gasteiger partial charge is 0.488 e. The lowest BCUT2D eigenvalue weighted by molar-refractivity contribution is -0.142. The second-order valence-corrected chi connectivity index (χ2v) is 11.1. The van der Waals surface area contributed by atoms with Crippen molar-refractivity contribution in [2.75, 3.05) is 37.6 Å². The van der Waals surface area contributed by atoms with Crippen LogP contribution in [0.2, 0.25) is 0 Å². The molecule has 5 rings (SSSR count). The third-order valence-electron chi connectivity index (χ3n) is 8.21. The number of hydrogen-bond acceptors (Lipinski definition) is 6. The molecule has 9 nitrogen and oxygen atoms in total. The number of anilines is 1. The third-order valence-corrected chi connectivity index (χ3v) is 8.21. The van der Waals surface area contributed by atoms with Gasteiger partial charge in [-0.3, -0.25) is 23.6 Å². The van der Waals surface area contributed by atoms with Gasteiger partial charge in [0.25, 0.3) is 5.56 Å². The third kappa shape index (κ3) is 5.09. The molecule has 210 valence electrons. The Hall–Kier alpha value is -4.11. The predicted molar refractivity (Wildman–Crippen MR) is 155 cm³/mol. The minimum atomic E-state index is -1.03. The molecule has 3 heterocycles. The molecule has 0 radical (unpaired) electrons. The van der Waals surface area contributed by atoms with Gasteiger partial charge >= 0.3 is 11.7 Å². The van der Waals surface area contributed by atoms with Crippen molar-refractivity contribution in [1.82, 2.24) is 14.0 Å². The van der Waals surface area contributed by atoms with Gasteiger partial charge < -0.3 is 14.7 Å². The summed E-state index contributed by atoms with van der Waals surface area (Å²) in [7, 11) is 3.19. The summed E-state index contributed by atoms with van der Waals surface area (Å²) in [4.78, 5) is 41.0. The van der Waals surface area contributed by atoms with Crippen molar-refractivity contribution in [2.24, 2.45) is 14.1 Å². The van der Waals surface area contributed by atoms with Gasteiger partial charge in [-0.15, -0.1) is 0 Å². The zero-order chi connectivity index (χ0) is 28.6. The molecule has 0 unspecified atom stereocenters. The Morgan fingerprint density at radius 1 is 0.975 bits per heavy atom. The van der Waals surface area contributed by atoms with E-state index in [-0.39, 0.29) is 11.2 Å². The number of aromatic nitrogens is 2. The maximum atomic E-state index is 12.4. The second kappa shape index (κ2) is 10.8. The molecular weight excluding hydrogens is 508 g/mol. The Balaban J connectivity index is 1.36. The number of benzene rings is 2. The van der Waals surface area contributed by atoms with E-state index in [1.54, 1.807) is 20.9 Å². The van der Waals surface area contributed by atoms with Crippen LogP contribution in [-0.2, 0) is 30.9 Å². The number of nitrogens with zero attached hydrogens (tertiary/aromatic N) is 4. The fourth-order valence-electron chi connectivity index (χ4n) is 5.42. The molecule has 2 aliphatic heterocycles. The van der Waals surface area contributed by atoms with Gasteiger partial charge in [0.15, 0.2) is 0 Å². The minimum absolute atomic E-state index is 0.296. The Morgan fingerprint density at radius 2 is 1.70 bits per heavy atom. The van der Waals surface area contributed by atoms with Crippen LogP contribution in [0.5, 0.6) is 5.75 Å². The molecule has 9 heteroatoms. The first kappa shape index (κ1) is 27.5. The van der Waals surface area contributed by atoms with Crippen molar-refractivity contribution in [1.29, 1.82) is 0 Å². The Morgan fingerprint density at radius 3 is 2.42 bits per heavy atom. The van der Waals surface area contributed by atoms with E-state index in [1.807, 2.05) is 30.3 Å². The van der Waals surface area contributed by atoms with Crippen LogP contribution in [0.3, 0.4) is 0 Å². The zero-order valence-electron chi connectivity index (χ0n) is 23.5. The normalized spacial score (nSPS) is 16.7. The Bertz CT molecular complexity index is 1590. The van der Waals surface area contributed by atoms with Crippen molar-refractivity contribution < 1.29 is 14.6 Å². The van der Waals surface area contributed by atoms with Crippen LogP contribution < -0.4 is 20.9 Å². The van der Waals surface area contributed by atoms with E-state index in [0.29, 0.717) is 12.4 Å². The van der Waals surface area contributed by atoms with Gasteiger partial charge in [-0.25, -0.2) is 4.79 Å². The van der Waals surface area contributed by atoms with E-state index in [2.05, 4.69) is 28.0 Å². The van der Waals surface area contributed by atoms with E-state index < -0.39 is 11.4 Å². The summed E-state index contributed by atoms with van der Waals surface area (Å²) in [5.74, 6) is 0.533. The second-order valence-electron chi connectivity index (χ2n) is 11.1. The number of rotatable bonds is 6. The summed E-state index contributed by atoms with van der Waals surface area (Å²) in [6.45, 7) is 7.84. The van der Waals surface area contributed by atoms with Crippen molar-refractivity contribution in [3.8, 4) is 5.75 Å². The Labute approximate surface area is 233 Å². The van der Waals surface area contributed by atoms with Crippen LogP contribution in [0.1, 0.15) is 42.5 Å². The summed E-state index contributed by atoms with van der Waals surface area (Å²) < 4.78 is 8.82. The van der Waals surface area contributed by atoms with Crippen LogP contribution in [-0.4, -0.2) is 57.8 Å². The number of carboxylic acid groups (broad SMARTS) is 1. The molecule has 2 aliphatic rings. The van der Waals surface area contributed by atoms with Crippen molar-refractivity contribution >= 4 is 17.4 Å². The monoisotopic (exact) mass is 544 g/mol. The smallest absolute Gasteiger partial charge is 0.332 e. The van der Waals surface area contributed by atoms with Gasteiger partial charge in [-0.1, -0.05) is 36.4 Å². The molecule has 0 atom stereocenters. The average Bonchev–Trinajstić information content (AvgIpc) is 3.11. The standard InChI is InChI=1S/C31H36N4O5/c1-31(2,29(37)38)22-11-12-26-25(18-22)24(23-9-6-5-8-21(23)20-40-26)10-7-13-34-14-16-35(17-15-34)27-19-28(36)33(4)30(39)32(27)3/h5-6,8-12,18-19H,7,13-17,20H2,1-4H3,(H,37,38)/b24-10+. The maximum Gasteiger partial charge on any atom is 0.332 e. The summed E-state index contributed by atoms with van der Waals surface area (Å²) >= 11 is 0. The molecule has 40 heavy (non-hydrogen) atoms. The lowest BCUT2D eigenvalue weighted by atomic mass is 9.82. The highest BCUT2D eigenvalue weighted by molar-refractivity contribution is 5.87. The number of aliphatic carboxylic acids is 1. The first-order valence-corrected chi connectivity index (χ1v) is 13.6. The van der Waals surface area contributed by atoms with Crippen LogP contribution in [0, 0.1) is 0 Å². The molecule has 0 aliphatic carbocycles. The van der Waals surface area contributed by atoms with Crippen molar-refractivity contribution in [3.63, 3.8) is 0 Å². The highest BCUT2D eigenvalue weighted by Gasteiger charge is 2.31. The number of carboxylic acids is 1. The molecule has 2 aromatic carbocycles. The van der Waals surface area contributed by atoms with Crippen LogP contribution in [0.4, 0.5) is 5.82 Å². The number of carbonyl (C=O) groups is 1. The topological polar surface area (TPSA) is 97.0 Å². The molecular formula is C31H36N4O5. The van der Waals surface area contributed by atoms with Gasteiger partial charge in [0.2, 0.25) is 0 Å². The van der Waals surface area contributed by atoms with Gasteiger partial charge in [0, 0.05) is 58.4 Å². The van der Waals surface area contributed by atoms with Crippen LogP contribution >= 0.6 is 0 Å². The summed E-state index contributed by atoms with van der Waals surface area (Å²) in [5, 5.41) is 9.82. The highest BCUT2D eigenvalue weighted by atomic mass is 16.5. The highest BCUT2D eigenvalue weighted by Crippen LogP contribution is 2.39. The molecule has 0 spiro atoms. The number of fused-ring (bicyclic) bond motifs is 2. The molecule has 1 aromatic heterocycles. The minimum Gasteiger partial charge on any atom is -0.488 e. The molecule has 0 amide bonds. The van der Waals surface area contributed by atoms with Crippen molar-refractivity contribution in [3.05, 3.63) is 97.7 Å². The lowest BCUT2D eigenvalue weighted by Gasteiger charge is -2.36. The van der Waals surface area contributed by atoms with Crippen LogP contribution in [0.15, 0.2) is 64.2 Å². The quantitative estimate of drug-likeness (QED) is 0.510. The number of piperazine rings is 1. The van der Waals surface area contributed by atoms with Gasteiger partial charge in [0.1, 0.15) is 18.2 Å².